The fraction of sp³-hybridized carbons (Fsp3) is 1.00. The predicted octanol–water partition coefficient (Wildman–Crippen LogP) is 1.21. The monoisotopic (exact) mass is 180 g/mol. The van der Waals surface area contributed by atoms with E-state index >= 15 is 0 Å². The third kappa shape index (κ3) is 1.31. The van der Waals surface area contributed by atoms with E-state index in [0.29, 0.717) is 0 Å². The Labute approximate surface area is 80.5 Å². The second kappa shape index (κ2) is 2.48. The van der Waals surface area contributed by atoms with Crippen LogP contribution in [0.1, 0.15) is 32.6 Å². The van der Waals surface area contributed by atoms with E-state index in [1.807, 2.05) is 0 Å². The number of fused-ring (bicyclic) bond motifs is 1. The van der Waals surface area contributed by atoms with E-state index in [-0.39, 0.29) is 5.54 Å². The normalized spacial score (nSPS) is 55.4. The van der Waals surface area contributed by atoms with E-state index in [0.717, 1.165) is 24.4 Å². The van der Waals surface area contributed by atoms with E-state index in [1.54, 1.807) is 0 Å². The van der Waals surface area contributed by atoms with Gasteiger partial charge >= 0.3 is 0 Å². The molecule has 0 amide bonds. The van der Waals surface area contributed by atoms with Crippen LogP contribution in [0.5, 0.6) is 0 Å². The Hall–Kier alpha value is -0.0800. The molecule has 3 aliphatic rings. The molecular weight excluding hydrogens is 160 g/mol. The van der Waals surface area contributed by atoms with Crippen LogP contribution in [0, 0.1) is 11.8 Å². The molecule has 4 unspecified atom stereocenters. The van der Waals surface area contributed by atoms with E-state index in [1.165, 1.54) is 32.2 Å². The van der Waals surface area contributed by atoms with E-state index in [4.69, 9.17) is 5.73 Å². The van der Waals surface area contributed by atoms with Crippen LogP contribution in [0.25, 0.3) is 0 Å². The third-order valence-corrected chi connectivity index (χ3v) is 4.31. The summed E-state index contributed by atoms with van der Waals surface area (Å²) in [5, 5.41) is 0. The highest BCUT2D eigenvalue weighted by Crippen LogP contribution is 2.54. The zero-order valence-electron chi connectivity index (χ0n) is 8.50. The van der Waals surface area contributed by atoms with Crippen LogP contribution in [-0.4, -0.2) is 29.6 Å². The minimum atomic E-state index is 0.104. The van der Waals surface area contributed by atoms with Gasteiger partial charge in [0.05, 0.1) is 0 Å². The number of hydrogen-bond donors (Lipinski definition) is 1. The molecule has 0 aromatic carbocycles. The van der Waals surface area contributed by atoms with Crippen molar-refractivity contribution in [1.29, 1.82) is 0 Å². The van der Waals surface area contributed by atoms with Crippen molar-refractivity contribution in [3.8, 4) is 0 Å². The minimum Gasteiger partial charge on any atom is -0.324 e. The molecule has 0 spiro atoms. The molecule has 3 fully saturated rings. The van der Waals surface area contributed by atoms with Crippen molar-refractivity contribution < 1.29 is 0 Å². The number of rotatable bonds is 1. The van der Waals surface area contributed by atoms with Crippen LogP contribution in [0.15, 0.2) is 0 Å². The maximum absolute atomic E-state index is 6.15. The second-order valence-corrected chi connectivity index (χ2v) is 5.68. The summed E-state index contributed by atoms with van der Waals surface area (Å²) in [4.78, 5) is 2.66. The SMILES string of the molecule is CC1(N)CCN(C2CCC3CC32)C1. The van der Waals surface area contributed by atoms with Gasteiger partial charge in [0.15, 0.2) is 0 Å². The summed E-state index contributed by atoms with van der Waals surface area (Å²) in [5.41, 5.74) is 6.26. The molecule has 0 radical (unpaired) electrons. The zero-order valence-corrected chi connectivity index (χ0v) is 8.50. The Morgan fingerprint density at radius 3 is 2.69 bits per heavy atom. The van der Waals surface area contributed by atoms with Gasteiger partial charge in [0.25, 0.3) is 0 Å². The Kier molecular flexibility index (Phi) is 1.58. The Bertz CT molecular complexity index is 224. The minimum absolute atomic E-state index is 0.104. The quantitative estimate of drug-likeness (QED) is 0.657. The van der Waals surface area contributed by atoms with Gasteiger partial charge in [0, 0.05) is 24.7 Å². The Morgan fingerprint density at radius 1 is 1.38 bits per heavy atom. The predicted molar refractivity (Wildman–Crippen MR) is 53.4 cm³/mol. The first-order valence-corrected chi connectivity index (χ1v) is 5.69. The summed E-state index contributed by atoms with van der Waals surface area (Å²) in [6.45, 7) is 4.59. The summed E-state index contributed by atoms with van der Waals surface area (Å²) in [5.74, 6) is 2.17. The van der Waals surface area contributed by atoms with Crippen LogP contribution < -0.4 is 5.73 Å². The molecule has 3 rings (SSSR count). The van der Waals surface area contributed by atoms with Gasteiger partial charge in [-0.3, -0.25) is 4.90 Å². The molecule has 74 valence electrons. The topological polar surface area (TPSA) is 29.3 Å². The van der Waals surface area contributed by atoms with Gasteiger partial charge in [-0.15, -0.1) is 0 Å². The molecule has 0 aromatic rings. The highest BCUT2D eigenvalue weighted by Gasteiger charge is 2.51. The van der Waals surface area contributed by atoms with Crippen LogP contribution in [0.2, 0.25) is 0 Å². The summed E-state index contributed by atoms with van der Waals surface area (Å²) >= 11 is 0. The molecule has 1 heterocycles. The summed E-state index contributed by atoms with van der Waals surface area (Å²) in [6, 6.07) is 0.912. The van der Waals surface area contributed by atoms with E-state index < -0.39 is 0 Å². The largest absolute Gasteiger partial charge is 0.324 e. The van der Waals surface area contributed by atoms with Gasteiger partial charge in [-0.25, -0.2) is 0 Å². The Morgan fingerprint density at radius 2 is 2.23 bits per heavy atom. The average Bonchev–Trinajstić information content (AvgIpc) is 2.56. The van der Waals surface area contributed by atoms with Crippen molar-refractivity contribution in [1.82, 2.24) is 4.90 Å². The van der Waals surface area contributed by atoms with Crippen molar-refractivity contribution in [2.75, 3.05) is 13.1 Å². The lowest BCUT2D eigenvalue weighted by atomic mass is 10.0. The van der Waals surface area contributed by atoms with Crippen LogP contribution >= 0.6 is 0 Å². The first-order chi connectivity index (χ1) is 6.16. The lowest BCUT2D eigenvalue weighted by Gasteiger charge is -2.26. The fourth-order valence-corrected chi connectivity index (χ4v) is 3.43. The van der Waals surface area contributed by atoms with Crippen LogP contribution in [-0.2, 0) is 0 Å². The van der Waals surface area contributed by atoms with E-state index in [2.05, 4.69) is 11.8 Å². The number of nitrogens with zero attached hydrogens (tertiary/aromatic N) is 1. The molecule has 2 heteroatoms. The molecule has 0 bridgehead atoms. The molecule has 2 nitrogen and oxygen atoms in total. The molecule has 2 aliphatic carbocycles. The first kappa shape index (κ1) is 8.25. The van der Waals surface area contributed by atoms with Gasteiger partial charge in [0.2, 0.25) is 0 Å². The molecule has 2 saturated carbocycles. The van der Waals surface area contributed by atoms with Gasteiger partial charge in [-0.2, -0.15) is 0 Å². The molecule has 13 heavy (non-hydrogen) atoms. The van der Waals surface area contributed by atoms with Crippen molar-refractivity contribution in [2.45, 2.75) is 44.2 Å². The summed E-state index contributed by atoms with van der Waals surface area (Å²) in [7, 11) is 0. The van der Waals surface area contributed by atoms with Crippen molar-refractivity contribution >= 4 is 0 Å². The van der Waals surface area contributed by atoms with Gasteiger partial charge in [0.1, 0.15) is 0 Å². The first-order valence-electron chi connectivity index (χ1n) is 5.69. The van der Waals surface area contributed by atoms with Crippen molar-refractivity contribution in [3.63, 3.8) is 0 Å². The molecule has 2 N–H and O–H groups in total. The van der Waals surface area contributed by atoms with Gasteiger partial charge < -0.3 is 5.73 Å². The van der Waals surface area contributed by atoms with Gasteiger partial charge in [-0.1, -0.05) is 0 Å². The smallest absolute Gasteiger partial charge is 0.0267 e. The standard InChI is InChI=1S/C11H20N2/c1-11(12)4-5-13(7-11)10-3-2-8-6-9(8)10/h8-10H,2-7,12H2,1H3. The fourth-order valence-electron chi connectivity index (χ4n) is 3.43. The highest BCUT2D eigenvalue weighted by molar-refractivity contribution is 5.05. The van der Waals surface area contributed by atoms with Crippen molar-refractivity contribution in [2.24, 2.45) is 17.6 Å². The maximum atomic E-state index is 6.15. The maximum Gasteiger partial charge on any atom is 0.0267 e. The lowest BCUT2D eigenvalue weighted by molar-refractivity contribution is 0.213. The molecule has 0 aromatic heterocycles. The summed E-state index contributed by atoms with van der Waals surface area (Å²) in [6.07, 6.45) is 5.65. The van der Waals surface area contributed by atoms with Crippen LogP contribution in [0.3, 0.4) is 0 Å². The van der Waals surface area contributed by atoms with E-state index in [9.17, 15) is 0 Å². The number of nitrogens with two attached hydrogens (primary N) is 1. The van der Waals surface area contributed by atoms with Crippen molar-refractivity contribution in [3.05, 3.63) is 0 Å². The molecule has 4 atom stereocenters. The lowest BCUT2D eigenvalue weighted by Crippen LogP contribution is -2.42. The number of hydrogen-bond acceptors (Lipinski definition) is 2. The third-order valence-electron chi connectivity index (χ3n) is 4.31. The van der Waals surface area contributed by atoms with Crippen LogP contribution in [0.4, 0.5) is 0 Å². The molecular formula is C11H20N2. The second-order valence-electron chi connectivity index (χ2n) is 5.68. The highest BCUT2D eigenvalue weighted by atomic mass is 15.2. The summed E-state index contributed by atoms with van der Waals surface area (Å²) < 4.78 is 0. The molecule has 1 aliphatic heterocycles. The average molecular weight is 180 g/mol. The number of likely N-dealkylation sites (tertiary alicyclic amines) is 1. The zero-order chi connectivity index (χ0) is 9.05. The Balaban J connectivity index is 1.67. The molecule has 1 saturated heterocycles. The van der Waals surface area contributed by atoms with Gasteiger partial charge in [-0.05, 0) is 44.4 Å².